The number of rotatable bonds is 2. The summed E-state index contributed by atoms with van der Waals surface area (Å²) in [7, 11) is -5.11. The van der Waals surface area contributed by atoms with E-state index in [4.69, 9.17) is 0 Å². The van der Waals surface area contributed by atoms with Gasteiger partial charge < -0.3 is 4.98 Å². The summed E-state index contributed by atoms with van der Waals surface area (Å²) in [6.07, 6.45) is 2.43. The molecule has 0 fully saturated rings. The molecule has 0 spiro atoms. The highest BCUT2D eigenvalue weighted by atomic mass is 32.2. The molecule has 8 heteroatoms. The topological polar surface area (TPSA) is 62.8 Å². The van der Waals surface area contributed by atoms with Crippen molar-refractivity contribution in [3.05, 3.63) is 18.2 Å². The summed E-state index contributed by atoms with van der Waals surface area (Å²) >= 11 is 0. The zero-order valence-electron chi connectivity index (χ0n) is 6.17. The van der Waals surface area contributed by atoms with Crippen LogP contribution < -0.4 is 0 Å². The van der Waals surface area contributed by atoms with Crippen LogP contribution >= 0.6 is 0 Å². The molecular weight excluding hydrogens is 209 g/mol. The Labute approximate surface area is 71.7 Å². The molecule has 0 unspecified atom stereocenters. The summed E-state index contributed by atoms with van der Waals surface area (Å²) in [6, 6.07) is 0. The fourth-order valence-electron chi connectivity index (χ4n) is 0.639. The number of hydrogen-bond donors (Lipinski definition) is 1. The largest absolute Gasteiger partial charge is 0.497 e. The zero-order chi connectivity index (χ0) is 10.1. The molecule has 1 N–H and O–H groups in total. The Bertz CT molecular complexity index is 367. The molecule has 0 aliphatic carbocycles. The van der Waals surface area contributed by atoms with E-state index in [-0.39, 0.29) is 5.82 Å². The van der Waals surface area contributed by atoms with Gasteiger partial charge in [-0.1, -0.05) is 0 Å². The summed E-state index contributed by atoms with van der Waals surface area (Å²) in [5, 5.41) is 0. The van der Waals surface area contributed by atoms with Crippen LogP contribution in [-0.2, 0) is 15.6 Å². The lowest BCUT2D eigenvalue weighted by atomic mass is 10.7. The lowest BCUT2D eigenvalue weighted by Gasteiger charge is -2.05. The van der Waals surface area contributed by atoms with Crippen molar-refractivity contribution in [2.24, 2.45) is 0 Å². The van der Waals surface area contributed by atoms with E-state index in [9.17, 15) is 21.6 Å². The molecule has 0 radical (unpaired) electrons. The number of aromatic amines is 1. The van der Waals surface area contributed by atoms with E-state index in [1.807, 2.05) is 0 Å². The number of nitrogens with zero attached hydrogens (tertiary/aromatic N) is 1. The number of nitrogens with one attached hydrogen (secondary N) is 1. The van der Waals surface area contributed by atoms with Crippen molar-refractivity contribution in [2.45, 2.75) is 11.3 Å². The molecule has 0 aromatic carbocycles. The molecular formula is C5H5F3N2O2S. The predicted octanol–water partition coefficient (Wildman–Crippen LogP) is 0.844. The van der Waals surface area contributed by atoms with E-state index < -0.39 is 21.1 Å². The maximum absolute atomic E-state index is 11.8. The molecule has 4 nitrogen and oxygen atoms in total. The Hall–Kier alpha value is -1.05. The minimum atomic E-state index is -5.22. The quantitative estimate of drug-likeness (QED) is 0.793. The molecule has 74 valence electrons. The molecule has 0 atom stereocenters. The standard InChI is InChI=1S/C5H5F3N2O2S/c6-5(7,8)13(11,12)3-4-9-1-2-10-4/h1-2H,3H2,(H,9,10). The summed E-state index contributed by atoms with van der Waals surface area (Å²) in [5.41, 5.74) is -5.22. The lowest BCUT2D eigenvalue weighted by Crippen LogP contribution is -2.25. The molecule has 1 aromatic heterocycles. The molecule has 1 rings (SSSR count). The maximum Gasteiger partial charge on any atom is 0.497 e. The smallest absolute Gasteiger partial charge is 0.348 e. The second-order valence-corrected chi connectivity index (χ2v) is 4.22. The normalized spacial score (nSPS) is 13.2. The Morgan fingerprint density at radius 3 is 2.46 bits per heavy atom. The fraction of sp³-hybridized carbons (Fsp3) is 0.400. The van der Waals surface area contributed by atoms with Crippen LogP contribution in [0.5, 0.6) is 0 Å². The Balaban J connectivity index is 2.87. The van der Waals surface area contributed by atoms with Crippen LogP contribution in [0.3, 0.4) is 0 Å². The molecule has 0 saturated heterocycles. The molecule has 0 saturated carbocycles. The third-order valence-corrected chi connectivity index (χ3v) is 2.59. The molecule has 13 heavy (non-hydrogen) atoms. The van der Waals surface area contributed by atoms with Crippen LogP contribution in [0.4, 0.5) is 13.2 Å². The predicted molar refractivity (Wildman–Crippen MR) is 37.3 cm³/mol. The van der Waals surface area contributed by atoms with Crippen LogP contribution in [-0.4, -0.2) is 23.9 Å². The third-order valence-electron chi connectivity index (χ3n) is 1.23. The zero-order valence-corrected chi connectivity index (χ0v) is 6.98. The van der Waals surface area contributed by atoms with Crippen LogP contribution in [0.2, 0.25) is 0 Å². The molecule has 0 aliphatic rings. The van der Waals surface area contributed by atoms with Crippen LogP contribution in [0.15, 0.2) is 12.4 Å². The first kappa shape index (κ1) is 10.0. The van der Waals surface area contributed by atoms with Gasteiger partial charge in [0.1, 0.15) is 11.6 Å². The first-order valence-corrected chi connectivity index (χ1v) is 4.75. The van der Waals surface area contributed by atoms with Crippen LogP contribution in [0.1, 0.15) is 5.82 Å². The minimum Gasteiger partial charge on any atom is -0.348 e. The first-order chi connectivity index (χ1) is 5.83. The van der Waals surface area contributed by atoms with Gasteiger partial charge in [-0.15, -0.1) is 0 Å². The average molecular weight is 214 g/mol. The highest BCUT2D eigenvalue weighted by molar-refractivity contribution is 7.91. The maximum atomic E-state index is 11.8. The van der Waals surface area contributed by atoms with Gasteiger partial charge in [-0.05, 0) is 0 Å². The van der Waals surface area contributed by atoms with E-state index in [2.05, 4.69) is 9.97 Å². The van der Waals surface area contributed by atoms with E-state index in [1.165, 1.54) is 12.4 Å². The number of sulfone groups is 1. The average Bonchev–Trinajstić information content (AvgIpc) is 2.35. The van der Waals surface area contributed by atoms with Crippen molar-refractivity contribution in [3.63, 3.8) is 0 Å². The van der Waals surface area contributed by atoms with E-state index in [1.54, 1.807) is 0 Å². The van der Waals surface area contributed by atoms with Crippen molar-refractivity contribution in [1.82, 2.24) is 9.97 Å². The summed E-state index contributed by atoms with van der Waals surface area (Å²) in [6.45, 7) is 0. The Morgan fingerprint density at radius 1 is 1.46 bits per heavy atom. The van der Waals surface area contributed by atoms with Gasteiger partial charge in [0.05, 0.1) is 0 Å². The Morgan fingerprint density at radius 2 is 2.08 bits per heavy atom. The van der Waals surface area contributed by atoms with Gasteiger partial charge in [0.2, 0.25) is 0 Å². The highest BCUT2D eigenvalue weighted by Crippen LogP contribution is 2.25. The van der Waals surface area contributed by atoms with E-state index in [0.29, 0.717) is 0 Å². The lowest BCUT2D eigenvalue weighted by molar-refractivity contribution is -0.0438. The molecule has 0 bridgehead atoms. The van der Waals surface area contributed by atoms with Gasteiger partial charge in [0.25, 0.3) is 9.84 Å². The number of aromatic nitrogens is 2. The van der Waals surface area contributed by atoms with Gasteiger partial charge in [-0.3, -0.25) is 0 Å². The van der Waals surface area contributed by atoms with Gasteiger partial charge in [-0.25, -0.2) is 13.4 Å². The van der Waals surface area contributed by atoms with Crippen LogP contribution in [0, 0.1) is 0 Å². The summed E-state index contributed by atoms with van der Waals surface area (Å²) in [5.74, 6) is -1.37. The molecule has 0 aliphatic heterocycles. The van der Waals surface area contributed by atoms with Crippen molar-refractivity contribution < 1.29 is 21.6 Å². The second kappa shape index (κ2) is 3.02. The summed E-state index contributed by atoms with van der Waals surface area (Å²) < 4.78 is 56.5. The fourth-order valence-corrected chi connectivity index (χ4v) is 1.32. The number of H-pyrrole nitrogens is 1. The van der Waals surface area contributed by atoms with E-state index in [0.717, 1.165) is 0 Å². The monoisotopic (exact) mass is 214 g/mol. The highest BCUT2D eigenvalue weighted by Gasteiger charge is 2.45. The Kier molecular flexibility index (Phi) is 2.33. The van der Waals surface area contributed by atoms with Gasteiger partial charge >= 0.3 is 5.51 Å². The molecule has 1 heterocycles. The van der Waals surface area contributed by atoms with Gasteiger partial charge in [0, 0.05) is 12.4 Å². The molecule has 1 aromatic rings. The van der Waals surface area contributed by atoms with Crippen molar-refractivity contribution in [3.8, 4) is 0 Å². The third kappa shape index (κ3) is 2.20. The van der Waals surface area contributed by atoms with Crippen molar-refractivity contribution >= 4 is 9.84 Å². The number of alkyl halides is 3. The number of halogens is 3. The SMILES string of the molecule is O=S(=O)(Cc1ncc[nH]1)C(F)(F)F. The van der Waals surface area contributed by atoms with Crippen molar-refractivity contribution in [2.75, 3.05) is 0 Å². The van der Waals surface area contributed by atoms with Crippen molar-refractivity contribution in [1.29, 1.82) is 0 Å². The number of imidazole rings is 1. The van der Waals surface area contributed by atoms with E-state index >= 15 is 0 Å². The summed E-state index contributed by atoms with van der Waals surface area (Å²) in [4.78, 5) is 5.66. The second-order valence-electron chi connectivity index (χ2n) is 2.24. The van der Waals surface area contributed by atoms with Crippen LogP contribution in [0.25, 0.3) is 0 Å². The van der Waals surface area contributed by atoms with Gasteiger partial charge in [-0.2, -0.15) is 13.2 Å². The molecule has 0 amide bonds. The number of hydrogen-bond acceptors (Lipinski definition) is 3. The van der Waals surface area contributed by atoms with Gasteiger partial charge in [0.15, 0.2) is 0 Å². The first-order valence-electron chi connectivity index (χ1n) is 3.10. The minimum absolute atomic E-state index is 0.225.